The van der Waals surface area contributed by atoms with E-state index in [9.17, 15) is 8.78 Å². The molecule has 4 nitrogen and oxygen atoms in total. The second-order valence-corrected chi connectivity index (χ2v) is 5.15. The number of rotatable bonds is 4. The first kappa shape index (κ1) is 13.7. The normalized spacial score (nSPS) is 15.1. The summed E-state index contributed by atoms with van der Waals surface area (Å²) in [6.07, 6.45) is 6.41. The van der Waals surface area contributed by atoms with Crippen LogP contribution in [0.5, 0.6) is 0 Å². The van der Waals surface area contributed by atoms with Crippen LogP contribution in [0.25, 0.3) is 0 Å². The largest absolute Gasteiger partial charge is 0.367 e. The summed E-state index contributed by atoms with van der Waals surface area (Å²) in [6, 6.07) is 5.85. The minimum atomic E-state index is -0.903. The van der Waals surface area contributed by atoms with E-state index < -0.39 is 11.6 Å². The van der Waals surface area contributed by atoms with Gasteiger partial charge in [0.2, 0.25) is 5.95 Å². The molecule has 2 N–H and O–H groups in total. The predicted molar refractivity (Wildman–Crippen MR) is 77.6 cm³/mol. The molecule has 3 rings (SSSR count). The number of aromatic nitrogens is 2. The minimum Gasteiger partial charge on any atom is -0.367 e. The van der Waals surface area contributed by atoms with E-state index in [1.807, 2.05) is 0 Å². The topological polar surface area (TPSA) is 49.8 Å². The first-order valence-electron chi connectivity index (χ1n) is 7.02. The highest BCUT2D eigenvalue weighted by molar-refractivity contribution is 5.54. The Hall–Kier alpha value is -2.24. The van der Waals surface area contributed by atoms with E-state index in [1.165, 1.54) is 18.9 Å². The molecule has 2 aromatic rings. The standard InChI is InChI=1S/C15H16F2N4/c16-12-6-5-11(9-13(12)17)20-15-18-8-7-14(21-15)19-10-3-1-2-4-10/h5-10H,1-4H2,(H2,18,19,20,21). The lowest BCUT2D eigenvalue weighted by atomic mass is 10.2. The number of nitrogens with one attached hydrogen (secondary N) is 2. The van der Waals surface area contributed by atoms with Gasteiger partial charge in [-0.3, -0.25) is 0 Å². The van der Waals surface area contributed by atoms with Crippen molar-refractivity contribution in [1.82, 2.24) is 9.97 Å². The molecule has 0 atom stereocenters. The molecule has 0 spiro atoms. The van der Waals surface area contributed by atoms with Crippen LogP contribution in [0.3, 0.4) is 0 Å². The Labute approximate surface area is 121 Å². The first-order chi connectivity index (χ1) is 10.2. The molecule has 1 saturated carbocycles. The van der Waals surface area contributed by atoms with Crippen LogP contribution in [0.2, 0.25) is 0 Å². The molecule has 0 aliphatic heterocycles. The van der Waals surface area contributed by atoms with Gasteiger partial charge in [-0.2, -0.15) is 4.98 Å². The first-order valence-corrected chi connectivity index (χ1v) is 7.02. The van der Waals surface area contributed by atoms with E-state index in [2.05, 4.69) is 20.6 Å². The van der Waals surface area contributed by atoms with E-state index in [4.69, 9.17) is 0 Å². The Balaban J connectivity index is 1.71. The van der Waals surface area contributed by atoms with Crippen molar-refractivity contribution in [1.29, 1.82) is 0 Å². The SMILES string of the molecule is Fc1ccc(Nc2nccc(NC3CCCC3)n2)cc1F. The van der Waals surface area contributed by atoms with Crippen molar-refractivity contribution in [2.75, 3.05) is 10.6 Å². The molecule has 1 aliphatic rings. The molecular formula is C15H16F2N4. The smallest absolute Gasteiger partial charge is 0.229 e. The van der Waals surface area contributed by atoms with Gasteiger partial charge in [0.05, 0.1) is 0 Å². The quantitative estimate of drug-likeness (QED) is 0.898. The molecule has 21 heavy (non-hydrogen) atoms. The molecule has 110 valence electrons. The van der Waals surface area contributed by atoms with Crippen molar-refractivity contribution in [3.63, 3.8) is 0 Å². The van der Waals surface area contributed by atoms with Crippen molar-refractivity contribution in [3.8, 4) is 0 Å². The fourth-order valence-corrected chi connectivity index (χ4v) is 2.48. The summed E-state index contributed by atoms with van der Waals surface area (Å²) in [4.78, 5) is 8.42. The average molecular weight is 290 g/mol. The van der Waals surface area contributed by atoms with Crippen LogP contribution in [-0.4, -0.2) is 16.0 Å². The molecule has 1 aromatic heterocycles. The van der Waals surface area contributed by atoms with Crippen LogP contribution in [0, 0.1) is 11.6 Å². The molecule has 0 bridgehead atoms. The number of halogens is 2. The molecule has 1 heterocycles. The highest BCUT2D eigenvalue weighted by Crippen LogP contribution is 2.22. The third kappa shape index (κ3) is 3.45. The second-order valence-electron chi connectivity index (χ2n) is 5.15. The van der Waals surface area contributed by atoms with Crippen molar-refractivity contribution in [2.24, 2.45) is 0 Å². The third-order valence-electron chi connectivity index (χ3n) is 3.54. The fraction of sp³-hybridized carbons (Fsp3) is 0.333. The van der Waals surface area contributed by atoms with Gasteiger partial charge in [0.25, 0.3) is 0 Å². The summed E-state index contributed by atoms with van der Waals surface area (Å²) in [5.74, 6) is -0.690. The number of anilines is 3. The Morgan fingerprint density at radius 3 is 2.62 bits per heavy atom. The summed E-state index contributed by atoms with van der Waals surface area (Å²) in [5, 5.41) is 6.23. The summed E-state index contributed by atoms with van der Waals surface area (Å²) >= 11 is 0. The maximum atomic E-state index is 13.2. The Morgan fingerprint density at radius 2 is 1.86 bits per heavy atom. The Kier molecular flexibility index (Phi) is 3.94. The molecule has 0 saturated heterocycles. The van der Waals surface area contributed by atoms with Gasteiger partial charge < -0.3 is 10.6 Å². The van der Waals surface area contributed by atoms with Crippen LogP contribution >= 0.6 is 0 Å². The van der Waals surface area contributed by atoms with E-state index in [-0.39, 0.29) is 0 Å². The highest BCUT2D eigenvalue weighted by Gasteiger charge is 2.15. The van der Waals surface area contributed by atoms with E-state index in [0.717, 1.165) is 30.8 Å². The lowest BCUT2D eigenvalue weighted by Gasteiger charge is -2.13. The number of nitrogens with zero attached hydrogens (tertiary/aromatic N) is 2. The van der Waals surface area contributed by atoms with Crippen molar-refractivity contribution >= 4 is 17.5 Å². The van der Waals surface area contributed by atoms with Gasteiger partial charge in [0, 0.05) is 24.0 Å². The zero-order chi connectivity index (χ0) is 14.7. The van der Waals surface area contributed by atoms with Crippen LogP contribution in [0.15, 0.2) is 30.5 Å². The van der Waals surface area contributed by atoms with Gasteiger partial charge >= 0.3 is 0 Å². The van der Waals surface area contributed by atoms with E-state index in [1.54, 1.807) is 12.3 Å². The van der Waals surface area contributed by atoms with Gasteiger partial charge in [-0.25, -0.2) is 13.8 Å². The van der Waals surface area contributed by atoms with Gasteiger partial charge in [-0.05, 0) is 31.0 Å². The van der Waals surface area contributed by atoms with Gasteiger partial charge in [-0.1, -0.05) is 12.8 Å². The van der Waals surface area contributed by atoms with Crippen LogP contribution < -0.4 is 10.6 Å². The van der Waals surface area contributed by atoms with E-state index >= 15 is 0 Å². The fourth-order valence-electron chi connectivity index (χ4n) is 2.48. The molecular weight excluding hydrogens is 274 g/mol. The summed E-state index contributed by atoms with van der Waals surface area (Å²) < 4.78 is 26.0. The lowest BCUT2D eigenvalue weighted by molar-refractivity contribution is 0.509. The molecule has 1 aromatic carbocycles. The number of hydrogen-bond donors (Lipinski definition) is 2. The van der Waals surface area contributed by atoms with Gasteiger partial charge in [0.15, 0.2) is 11.6 Å². The third-order valence-corrected chi connectivity index (χ3v) is 3.54. The van der Waals surface area contributed by atoms with Crippen molar-refractivity contribution in [2.45, 2.75) is 31.7 Å². The second kappa shape index (κ2) is 6.03. The predicted octanol–water partition coefficient (Wildman–Crippen LogP) is 3.85. The monoisotopic (exact) mass is 290 g/mol. The van der Waals surface area contributed by atoms with E-state index in [0.29, 0.717) is 17.7 Å². The summed E-state index contributed by atoms with van der Waals surface area (Å²) in [5.41, 5.74) is 0.409. The molecule has 0 amide bonds. The maximum absolute atomic E-state index is 13.2. The van der Waals surface area contributed by atoms with Crippen LogP contribution in [0.4, 0.5) is 26.2 Å². The highest BCUT2D eigenvalue weighted by atomic mass is 19.2. The molecule has 1 aliphatic carbocycles. The molecule has 6 heteroatoms. The zero-order valence-corrected chi connectivity index (χ0v) is 11.4. The average Bonchev–Trinajstić information content (AvgIpc) is 2.96. The maximum Gasteiger partial charge on any atom is 0.229 e. The van der Waals surface area contributed by atoms with Crippen molar-refractivity contribution < 1.29 is 8.78 Å². The molecule has 0 radical (unpaired) electrons. The Bertz CT molecular complexity index is 627. The van der Waals surface area contributed by atoms with Gasteiger partial charge in [-0.15, -0.1) is 0 Å². The Morgan fingerprint density at radius 1 is 1.05 bits per heavy atom. The van der Waals surface area contributed by atoms with Crippen molar-refractivity contribution in [3.05, 3.63) is 42.1 Å². The molecule has 0 unspecified atom stereocenters. The summed E-state index contributed by atoms with van der Waals surface area (Å²) in [7, 11) is 0. The van der Waals surface area contributed by atoms with Crippen LogP contribution in [0.1, 0.15) is 25.7 Å². The molecule has 1 fully saturated rings. The minimum absolute atomic E-state index is 0.351. The zero-order valence-electron chi connectivity index (χ0n) is 11.4. The number of hydrogen-bond acceptors (Lipinski definition) is 4. The summed E-state index contributed by atoms with van der Waals surface area (Å²) in [6.45, 7) is 0. The lowest BCUT2D eigenvalue weighted by Crippen LogP contribution is -2.15. The van der Waals surface area contributed by atoms with Crippen LogP contribution in [-0.2, 0) is 0 Å². The number of benzene rings is 1. The van der Waals surface area contributed by atoms with Gasteiger partial charge in [0.1, 0.15) is 5.82 Å².